The molecule has 1 amide bonds. The van der Waals surface area contributed by atoms with Gasteiger partial charge in [0.05, 0.1) is 17.7 Å². The predicted molar refractivity (Wildman–Crippen MR) is 130 cm³/mol. The van der Waals surface area contributed by atoms with E-state index in [1.807, 2.05) is 6.07 Å². The maximum Gasteiger partial charge on any atom is 0.419 e. The lowest BCUT2D eigenvalue weighted by molar-refractivity contribution is -0.146. The summed E-state index contributed by atoms with van der Waals surface area (Å²) in [6.07, 6.45) is -4.13. The Morgan fingerprint density at radius 1 is 1.14 bits per heavy atom. The molecule has 4 fully saturated rings. The van der Waals surface area contributed by atoms with Crippen molar-refractivity contribution in [3.63, 3.8) is 0 Å². The number of alkyl halides is 3. The molecule has 0 aromatic heterocycles. The van der Waals surface area contributed by atoms with Crippen molar-refractivity contribution in [1.29, 1.82) is 0 Å². The Morgan fingerprint density at radius 3 is 2.62 bits per heavy atom. The molecule has 11 heteroatoms. The van der Waals surface area contributed by atoms with Crippen molar-refractivity contribution in [2.24, 2.45) is 5.92 Å². The van der Waals surface area contributed by atoms with Gasteiger partial charge in [-0.1, -0.05) is 18.2 Å². The number of hydrogen-bond acceptors (Lipinski definition) is 6. The number of halogens is 4. The fourth-order valence-electron chi connectivity index (χ4n) is 5.45. The summed E-state index contributed by atoms with van der Waals surface area (Å²) >= 11 is 1.54. The number of hydrogen-bond donors (Lipinski definition) is 3. The third-order valence-corrected chi connectivity index (χ3v) is 8.59. The molecule has 4 aliphatic rings. The minimum Gasteiger partial charge on any atom is -0.375 e. The quantitative estimate of drug-likeness (QED) is 0.351. The zero-order valence-electron chi connectivity index (χ0n) is 19.8. The molecule has 2 heterocycles. The Morgan fingerprint density at radius 2 is 1.92 bits per heavy atom. The molecule has 0 radical (unpaired) electrons. The van der Waals surface area contributed by atoms with Crippen molar-refractivity contribution < 1.29 is 31.8 Å². The molecule has 6 atom stereocenters. The molecule has 2 aliphatic heterocycles. The summed E-state index contributed by atoms with van der Waals surface area (Å²) in [5.74, 6) is -0.0332. The van der Waals surface area contributed by atoms with Gasteiger partial charge in [-0.15, -0.1) is 11.8 Å². The number of thioether (sulfide) groups is 1. The Labute approximate surface area is 215 Å². The van der Waals surface area contributed by atoms with Crippen LogP contribution in [0.4, 0.5) is 23.2 Å². The van der Waals surface area contributed by atoms with E-state index in [9.17, 15) is 18.0 Å². The van der Waals surface area contributed by atoms with E-state index in [2.05, 4.69) is 16.0 Å². The maximum absolute atomic E-state index is 15.4. The van der Waals surface area contributed by atoms with Gasteiger partial charge in [-0.2, -0.15) is 13.2 Å². The van der Waals surface area contributed by atoms with Crippen molar-refractivity contribution >= 4 is 23.4 Å². The van der Waals surface area contributed by atoms with Gasteiger partial charge in [-0.3, -0.25) is 10.1 Å². The van der Waals surface area contributed by atoms with E-state index in [0.717, 1.165) is 19.3 Å². The molecule has 0 spiro atoms. The number of carbonyl (C=O) groups is 1. The van der Waals surface area contributed by atoms with Gasteiger partial charge >= 0.3 is 6.18 Å². The number of benzene rings is 2. The van der Waals surface area contributed by atoms with E-state index in [-0.39, 0.29) is 24.0 Å². The number of nitrogens with one attached hydrogen (secondary N) is 3. The molecule has 37 heavy (non-hydrogen) atoms. The Hall–Kier alpha value is -2.34. The molecule has 198 valence electrons. The Kier molecular flexibility index (Phi) is 6.37. The van der Waals surface area contributed by atoms with Gasteiger partial charge in [0.25, 0.3) is 5.91 Å². The van der Waals surface area contributed by atoms with E-state index in [1.54, 1.807) is 42.1 Å². The Bertz CT molecular complexity index is 1170. The first-order chi connectivity index (χ1) is 17.7. The van der Waals surface area contributed by atoms with Crippen LogP contribution in [0, 0.1) is 11.7 Å². The number of anilines is 1. The topological polar surface area (TPSA) is 74.9 Å². The second kappa shape index (κ2) is 9.44. The molecular weight excluding hydrogens is 510 g/mol. The van der Waals surface area contributed by atoms with E-state index in [4.69, 9.17) is 9.47 Å². The minimum absolute atomic E-state index is 0.0102. The van der Waals surface area contributed by atoms with E-state index in [0.29, 0.717) is 29.0 Å². The molecule has 3 N–H and O–H groups in total. The number of amides is 1. The summed E-state index contributed by atoms with van der Waals surface area (Å²) < 4.78 is 65.2. The van der Waals surface area contributed by atoms with Crippen LogP contribution in [0.3, 0.4) is 0 Å². The van der Waals surface area contributed by atoms with Gasteiger partial charge in [0.2, 0.25) is 0 Å². The highest BCUT2D eigenvalue weighted by Crippen LogP contribution is 2.52. The molecule has 3 unspecified atom stereocenters. The fourth-order valence-corrected chi connectivity index (χ4v) is 6.78. The van der Waals surface area contributed by atoms with Gasteiger partial charge in [0.15, 0.2) is 12.3 Å². The normalized spacial score (nSPS) is 33.0. The van der Waals surface area contributed by atoms with Crippen molar-refractivity contribution in [3.8, 4) is 0 Å². The third kappa shape index (κ3) is 5.19. The summed E-state index contributed by atoms with van der Waals surface area (Å²) in [5, 5.41) is 9.24. The molecule has 6 nitrogen and oxygen atoms in total. The monoisotopic (exact) mass is 537 g/mol. The molecule has 2 saturated carbocycles. The van der Waals surface area contributed by atoms with Crippen LogP contribution >= 0.6 is 11.8 Å². The number of epoxide rings is 1. The summed E-state index contributed by atoms with van der Waals surface area (Å²) in [4.78, 5) is 12.8. The van der Waals surface area contributed by atoms with Gasteiger partial charge in [-0.25, -0.2) is 4.39 Å². The first kappa shape index (κ1) is 25.0. The first-order valence-corrected chi connectivity index (χ1v) is 13.5. The average Bonchev–Trinajstić information content (AvgIpc) is 3.78. The van der Waals surface area contributed by atoms with Gasteiger partial charge in [0.1, 0.15) is 11.3 Å². The van der Waals surface area contributed by atoms with Crippen LogP contribution in [0.1, 0.15) is 41.6 Å². The van der Waals surface area contributed by atoms with Crippen LogP contribution in [-0.2, 0) is 15.0 Å². The van der Waals surface area contributed by atoms with E-state index in [1.165, 1.54) is 12.1 Å². The summed E-state index contributed by atoms with van der Waals surface area (Å²) in [6.45, 7) is 0. The highest BCUT2D eigenvalue weighted by molar-refractivity contribution is 7.99. The number of rotatable bonds is 7. The zero-order valence-corrected chi connectivity index (χ0v) is 20.6. The lowest BCUT2D eigenvalue weighted by Crippen LogP contribution is -2.59. The average molecular weight is 538 g/mol. The molecule has 2 aromatic carbocycles. The SMILES string of the molecule is O=C(NC1N[C@@]2(c3cc(NC4OC4C(F)(F)F)ccc3F)C[C@@H](OC3CC3)C[C@H]2CS1)c1ccccc1. The summed E-state index contributed by atoms with van der Waals surface area (Å²) in [7, 11) is 0. The van der Waals surface area contributed by atoms with Gasteiger partial charge < -0.3 is 20.1 Å². The minimum atomic E-state index is -4.46. The smallest absolute Gasteiger partial charge is 0.375 e. The second-order valence-corrected chi connectivity index (χ2v) is 11.3. The van der Waals surface area contributed by atoms with Crippen molar-refractivity contribution in [2.45, 2.75) is 67.4 Å². The summed E-state index contributed by atoms with van der Waals surface area (Å²) in [5.41, 5.74) is -0.121. The Balaban J connectivity index is 1.26. The molecule has 2 aliphatic carbocycles. The number of carbonyl (C=O) groups excluding carboxylic acids is 1. The van der Waals surface area contributed by atoms with Gasteiger partial charge in [0, 0.05) is 22.6 Å². The van der Waals surface area contributed by atoms with Crippen LogP contribution < -0.4 is 16.0 Å². The largest absolute Gasteiger partial charge is 0.419 e. The molecular formula is C26H27F4N3O3S. The van der Waals surface area contributed by atoms with Crippen LogP contribution in [0.5, 0.6) is 0 Å². The standard InChI is InChI=1S/C26H27F4N3O3S/c27-20-9-6-16(31-23-21(36-23)26(28,29)30)11-19(20)25-12-18(35-17-7-8-17)10-15(25)13-37-24(33-25)32-22(34)14-4-2-1-3-5-14/h1-6,9,11,15,17-18,21,23-24,31,33H,7-8,10,12-13H2,(H,32,34)/t15-,18-,21?,23?,24?,25-/m0/s1. The van der Waals surface area contributed by atoms with Crippen molar-refractivity contribution in [3.05, 3.63) is 65.5 Å². The number of ether oxygens (including phenoxy) is 2. The predicted octanol–water partition coefficient (Wildman–Crippen LogP) is 4.73. The molecule has 2 aromatic rings. The maximum atomic E-state index is 15.4. The highest BCUT2D eigenvalue weighted by Gasteiger charge is 2.59. The highest BCUT2D eigenvalue weighted by atomic mass is 32.2. The van der Waals surface area contributed by atoms with E-state index < -0.39 is 35.4 Å². The van der Waals surface area contributed by atoms with Crippen LogP contribution in [-0.4, -0.2) is 47.9 Å². The fraction of sp³-hybridized carbons (Fsp3) is 0.500. The van der Waals surface area contributed by atoms with Crippen LogP contribution in [0.25, 0.3) is 0 Å². The zero-order chi connectivity index (χ0) is 25.8. The van der Waals surface area contributed by atoms with Crippen molar-refractivity contribution in [2.75, 3.05) is 11.1 Å². The van der Waals surface area contributed by atoms with Crippen LogP contribution in [0.2, 0.25) is 0 Å². The lowest BCUT2D eigenvalue weighted by atomic mass is 9.80. The van der Waals surface area contributed by atoms with Crippen molar-refractivity contribution in [1.82, 2.24) is 10.6 Å². The molecule has 0 bridgehead atoms. The van der Waals surface area contributed by atoms with Gasteiger partial charge in [-0.05, 0) is 61.9 Å². The third-order valence-electron chi connectivity index (χ3n) is 7.42. The molecule has 2 saturated heterocycles. The van der Waals surface area contributed by atoms with E-state index >= 15 is 4.39 Å². The number of fused-ring (bicyclic) bond motifs is 1. The second-order valence-electron chi connectivity index (χ2n) is 10.1. The first-order valence-electron chi connectivity index (χ1n) is 12.4. The molecule has 6 rings (SSSR count). The lowest BCUT2D eigenvalue weighted by Gasteiger charge is -2.44. The van der Waals surface area contributed by atoms with Crippen LogP contribution in [0.15, 0.2) is 48.5 Å². The summed E-state index contributed by atoms with van der Waals surface area (Å²) in [6, 6.07) is 13.1.